The second kappa shape index (κ2) is 7.50. The molecule has 112 valence electrons. The third-order valence-corrected chi connectivity index (χ3v) is 3.61. The number of hydrogen-bond donors (Lipinski definition) is 2. The third kappa shape index (κ3) is 4.39. The van der Waals surface area contributed by atoms with Crippen LogP contribution in [0.3, 0.4) is 0 Å². The van der Waals surface area contributed by atoms with Crippen molar-refractivity contribution in [2.45, 2.75) is 39.8 Å². The predicted molar refractivity (Wildman–Crippen MR) is 85.2 cm³/mol. The van der Waals surface area contributed by atoms with Crippen LogP contribution in [0.15, 0.2) is 18.2 Å². The average Bonchev–Trinajstić information content (AvgIpc) is 2.36. The van der Waals surface area contributed by atoms with Crippen molar-refractivity contribution in [1.82, 2.24) is 10.2 Å². The molecule has 0 aliphatic heterocycles. The van der Waals surface area contributed by atoms with E-state index in [2.05, 4.69) is 37.9 Å². The molecule has 0 heterocycles. The topological polar surface area (TPSA) is 58.4 Å². The highest BCUT2D eigenvalue weighted by Gasteiger charge is 2.15. The molecule has 0 spiro atoms. The number of nitrogen functional groups attached to an aromatic ring is 1. The van der Waals surface area contributed by atoms with Crippen LogP contribution in [-0.2, 0) is 0 Å². The van der Waals surface area contributed by atoms with Crippen LogP contribution < -0.4 is 11.1 Å². The van der Waals surface area contributed by atoms with Crippen LogP contribution in [0.1, 0.15) is 38.1 Å². The maximum absolute atomic E-state index is 12.1. The molecule has 0 unspecified atom stereocenters. The maximum Gasteiger partial charge on any atom is 0.253 e. The highest BCUT2D eigenvalue weighted by Crippen LogP contribution is 2.22. The third-order valence-electron chi connectivity index (χ3n) is 3.28. The molecule has 1 amide bonds. The van der Waals surface area contributed by atoms with Crippen LogP contribution in [0.2, 0.25) is 5.02 Å². The number of amides is 1. The van der Waals surface area contributed by atoms with Crippen molar-refractivity contribution in [3.8, 4) is 0 Å². The van der Waals surface area contributed by atoms with E-state index < -0.39 is 0 Å². The largest absolute Gasteiger partial charge is 0.397 e. The second-order valence-electron chi connectivity index (χ2n) is 5.38. The fourth-order valence-electron chi connectivity index (χ4n) is 2.24. The van der Waals surface area contributed by atoms with Crippen LogP contribution in [-0.4, -0.2) is 36.0 Å². The van der Waals surface area contributed by atoms with Gasteiger partial charge in [-0.3, -0.25) is 9.69 Å². The molecule has 0 atom stereocenters. The number of halogens is 1. The Balaban J connectivity index is 2.58. The maximum atomic E-state index is 12.1. The number of nitrogens with two attached hydrogens (primary N) is 1. The fourth-order valence-corrected chi connectivity index (χ4v) is 2.42. The lowest BCUT2D eigenvalue weighted by Crippen LogP contribution is -2.42. The van der Waals surface area contributed by atoms with E-state index >= 15 is 0 Å². The number of benzene rings is 1. The summed E-state index contributed by atoms with van der Waals surface area (Å²) in [6, 6.07) is 5.97. The molecule has 0 aliphatic rings. The number of para-hydroxylation sites is 1. The van der Waals surface area contributed by atoms with Gasteiger partial charge in [0.2, 0.25) is 0 Å². The Labute approximate surface area is 126 Å². The Kier molecular flexibility index (Phi) is 6.30. The van der Waals surface area contributed by atoms with Crippen molar-refractivity contribution < 1.29 is 4.79 Å². The van der Waals surface area contributed by atoms with E-state index in [0.29, 0.717) is 34.9 Å². The summed E-state index contributed by atoms with van der Waals surface area (Å²) in [5.41, 5.74) is 6.57. The van der Waals surface area contributed by atoms with Gasteiger partial charge in [0, 0.05) is 25.2 Å². The Hall–Kier alpha value is -1.26. The molecule has 20 heavy (non-hydrogen) atoms. The molecule has 0 saturated carbocycles. The lowest BCUT2D eigenvalue weighted by molar-refractivity contribution is 0.0940. The average molecular weight is 298 g/mol. The summed E-state index contributed by atoms with van der Waals surface area (Å²) in [6.45, 7) is 9.99. The first-order chi connectivity index (χ1) is 9.34. The van der Waals surface area contributed by atoms with E-state index in [1.54, 1.807) is 18.2 Å². The summed E-state index contributed by atoms with van der Waals surface area (Å²) < 4.78 is 0. The number of rotatable bonds is 6. The molecular weight excluding hydrogens is 274 g/mol. The standard InChI is InChI=1S/C15H24ClN3O/c1-10(2)19(11(3)4)9-8-18-15(20)12-6-5-7-13(16)14(12)17/h5-7,10-11H,8-9,17H2,1-4H3,(H,18,20). The number of carbonyl (C=O) groups excluding carboxylic acids is 1. The normalized spacial score (nSPS) is 11.4. The Morgan fingerprint density at radius 2 is 1.90 bits per heavy atom. The van der Waals surface area contributed by atoms with Crippen molar-refractivity contribution in [3.63, 3.8) is 0 Å². The molecule has 5 heteroatoms. The van der Waals surface area contributed by atoms with Gasteiger partial charge in [-0.15, -0.1) is 0 Å². The molecule has 0 fully saturated rings. The van der Waals surface area contributed by atoms with Crippen molar-refractivity contribution in [1.29, 1.82) is 0 Å². The van der Waals surface area contributed by atoms with Gasteiger partial charge in [0.05, 0.1) is 16.3 Å². The number of nitrogens with one attached hydrogen (secondary N) is 1. The Morgan fingerprint density at radius 3 is 2.45 bits per heavy atom. The van der Waals surface area contributed by atoms with E-state index in [1.807, 2.05) is 0 Å². The summed E-state index contributed by atoms with van der Waals surface area (Å²) in [4.78, 5) is 14.4. The number of carbonyl (C=O) groups is 1. The molecule has 0 aliphatic carbocycles. The molecule has 1 aromatic carbocycles. The summed E-state index contributed by atoms with van der Waals surface area (Å²) in [6.07, 6.45) is 0. The summed E-state index contributed by atoms with van der Waals surface area (Å²) in [5.74, 6) is -0.183. The van der Waals surface area contributed by atoms with Crippen molar-refractivity contribution in [3.05, 3.63) is 28.8 Å². The van der Waals surface area contributed by atoms with Gasteiger partial charge < -0.3 is 11.1 Å². The monoisotopic (exact) mass is 297 g/mol. The molecule has 0 saturated heterocycles. The quantitative estimate of drug-likeness (QED) is 0.794. The van der Waals surface area contributed by atoms with Gasteiger partial charge in [0.15, 0.2) is 0 Å². The van der Waals surface area contributed by atoms with Gasteiger partial charge in [-0.1, -0.05) is 17.7 Å². The minimum absolute atomic E-state index is 0.183. The van der Waals surface area contributed by atoms with E-state index in [-0.39, 0.29) is 5.91 Å². The van der Waals surface area contributed by atoms with E-state index in [0.717, 1.165) is 6.54 Å². The summed E-state index contributed by atoms with van der Waals surface area (Å²) in [7, 11) is 0. The minimum Gasteiger partial charge on any atom is -0.397 e. The molecule has 4 nitrogen and oxygen atoms in total. The van der Waals surface area contributed by atoms with Crippen LogP contribution >= 0.6 is 11.6 Å². The molecule has 3 N–H and O–H groups in total. The molecule has 0 radical (unpaired) electrons. The lowest BCUT2D eigenvalue weighted by atomic mass is 10.1. The minimum atomic E-state index is -0.183. The van der Waals surface area contributed by atoms with Crippen molar-refractivity contribution in [2.24, 2.45) is 0 Å². The highest BCUT2D eigenvalue weighted by atomic mass is 35.5. The first-order valence-corrected chi connectivity index (χ1v) is 7.30. The van der Waals surface area contributed by atoms with Gasteiger partial charge >= 0.3 is 0 Å². The van der Waals surface area contributed by atoms with Crippen molar-refractivity contribution >= 4 is 23.2 Å². The van der Waals surface area contributed by atoms with Crippen LogP contribution in [0.5, 0.6) is 0 Å². The van der Waals surface area contributed by atoms with Gasteiger partial charge in [0.1, 0.15) is 0 Å². The van der Waals surface area contributed by atoms with Gasteiger partial charge in [0.25, 0.3) is 5.91 Å². The number of anilines is 1. The van der Waals surface area contributed by atoms with Gasteiger partial charge in [-0.2, -0.15) is 0 Å². The van der Waals surface area contributed by atoms with Gasteiger partial charge in [-0.05, 0) is 39.8 Å². The van der Waals surface area contributed by atoms with E-state index in [9.17, 15) is 4.79 Å². The molecule has 1 rings (SSSR count). The number of hydrogen-bond acceptors (Lipinski definition) is 3. The summed E-state index contributed by atoms with van der Waals surface area (Å²) in [5, 5.41) is 3.29. The molecule has 1 aromatic rings. The zero-order chi connectivity index (χ0) is 15.3. The Bertz CT molecular complexity index is 452. The number of nitrogens with zero attached hydrogens (tertiary/aromatic N) is 1. The SMILES string of the molecule is CC(C)N(CCNC(=O)c1cccc(Cl)c1N)C(C)C. The highest BCUT2D eigenvalue weighted by molar-refractivity contribution is 6.33. The molecular formula is C15H24ClN3O. The first kappa shape index (κ1) is 16.8. The second-order valence-corrected chi connectivity index (χ2v) is 5.79. The zero-order valence-electron chi connectivity index (χ0n) is 12.6. The zero-order valence-corrected chi connectivity index (χ0v) is 13.4. The van der Waals surface area contributed by atoms with Crippen molar-refractivity contribution in [2.75, 3.05) is 18.8 Å². The van der Waals surface area contributed by atoms with Crippen LogP contribution in [0, 0.1) is 0 Å². The smallest absolute Gasteiger partial charge is 0.253 e. The molecule has 0 aromatic heterocycles. The van der Waals surface area contributed by atoms with Gasteiger partial charge in [-0.25, -0.2) is 0 Å². The Morgan fingerprint density at radius 1 is 1.30 bits per heavy atom. The van der Waals surface area contributed by atoms with Crippen LogP contribution in [0.25, 0.3) is 0 Å². The lowest BCUT2D eigenvalue weighted by Gasteiger charge is -2.30. The molecule has 0 bridgehead atoms. The fraction of sp³-hybridized carbons (Fsp3) is 0.533. The van der Waals surface area contributed by atoms with E-state index in [4.69, 9.17) is 17.3 Å². The first-order valence-electron chi connectivity index (χ1n) is 6.92. The predicted octanol–water partition coefficient (Wildman–Crippen LogP) is 2.77. The summed E-state index contributed by atoms with van der Waals surface area (Å²) >= 11 is 5.91. The van der Waals surface area contributed by atoms with Crippen LogP contribution in [0.4, 0.5) is 5.69 Å². The van der Waals surface area contributed by atoms with E-state index in [1.165, 1.54) is 0 Å².